The summed E-state index contributed by atoms with van der Waals surface area (Å²) < 4.78 is 5.18. The van der Waals surface area contributed by atoms with E-state index in [1.165, 1.54) is 6.39 Å². The molecule has 0 aliphatic carbocycles. The molecule has 0 spiro atoms. The number of benzene rings is 1. The minimum absolute atomic E-state index is 0.508. The molecule has 0 bridgehead atoms. The molecule has 108 valence electrons. The van der Waals surface area contributed by atoms with E-state index in [-0.39, 0.29) is 0 Å². The first-order chi connectivity index (χ1) is 10.3. The highest BCUT2D eigenvalue weighted by Crippen LogP contribution is 2.21. The minimum atomic E-state index is 0.508. The number of piperidine rings is 1. The highest BCUT2D eigenvalue weighted by molar-refractivity contribution is 5.58. The molecule has 2 aromatic rings. The third-order valence-electron chi connectivity index (χ3n) is 3.77. The van der Waals surface area contributed by atoms with E-state index in [2.05, 4.69) is 26.3 Å². The van der Waals surface area contributed by atoms with Gasteiger partial charge in [-0.3, -0.25) is 4.90 Å². The second kappa shape index (κ2) is 6.42. The van der Waals surface area contributed by atoms with Crippen LogP contribution in [-0.4, -0.2) is 40.8 Å². The van der Waals surface area contributed by atoms with Crippen LogP contribution in [-0.2, 0) is 0 Å². The highest BCUT2D eigenvalue weighted by atomic mass is 16.4. The number of rotatable bonds is 4. The standard InChI is InChI=1S/C16H18N4O/c1-2-9-20-10-7-15(8-11-20)18-14-5-3-13(4-6-14)16-19-17-12-21-16/h1,3-6,12,15,18H,7-11H2. The van der Waals surface area contributed by atoms with Crippen molar-refractivity contribution in [2.45, 2.75) is 18.9 Å². The van der Waals surface area contributed by atoms with Crippen LogP contribution in [0.2, 0.25) is 0 Å². The molecule has 0 atom stereocenters. The zero-order chi connectivity index (χ0) is 14.5. The van der Waals surface area contributed by atoms with Gasteiger partial charge in [-0.05, 0) is 37.1 Å². The fourth-order valence-electron chi connectivity index (χ4n) is 2.61. The number of nitrogens with one attached hydrogen (secondary N) is 1. The summed E-state index contributed by atoms with van der Waals surface area (Å²) in [5, 5.41) is 11.2. The predicted octanol–water partition coefficient (Wildman–Crippen LogP) is 2.25. The van der Waals surface area contributed by atoms with Crippen LogP contribution in [0.1, 0.15) is 12.8 Å². The van der Waals surface area contributed by atoms with Gasteiger partial charge >= 0.3 is 0 Å². The second-order valence-corrected chi connectivity index (χ2v) is 5.22. The van der Waals surface area contributed by atoms with Crippen molar-refractivity contribution in [3.63, 3.8) is 0 Å². The van der Waals surface area contributed by atoms with E-state index < -0.39 is 0 Å². The Morgan fingerprint density at radius 1 is 1.29 bits per heavy atom. The number of aromatic nitrogens is 2. The van der Waals surface area contributed by atoms with Crippen molar-refractivity contribution in [1.82, 2.24) is 15.1 Å². The van der Waals surface area contributed by atoms with Gasteiger partial charge in [0.1, 0.15) is 0 Å². The Hall–Kier alpha value is -2.32. The first-order valence-electron chi connectivity index (χ1n) is 7.14. The van der Waals surface area contributed by atoms with Gasteiger partial charge in [-0.15, -0.1) is 16.6 Å². The average molecular weight is 282 g/mol. The molecule has 5 nitrogen and oxygen atoms in total. The predicted molar refractivity (Wildman–Crippen MR) is 81.7 cm³/mol. The quantitative estimate of drug-likeness (QED) is 0.872. The van der Waals surface area contributed by atoms with E-state index >= 15 is 0 Å². The third-order valence-corrected chi connectivity index (χ3v) is 3.77. The Balaban J connectivity index is 1.56. The second-order valence-electron chi connectivity index (χ2n) is 5.22. The molecule has 0 radical (unpaired) electrons. The van der Waals surface area contributed by atoms with Crippen molar-refractivity contribution < 1.29 is 4.42 Å². The first kappa shape index (κ1) is 13.7. The Labute approximate surface area is 124 Å². The van der Waals surface area contributed by atoms with Crippen molar-refractivity contribution in [1.29, 1.82) is 0 Å². The van der Waals surface area contributed by atoms with Crippen LogP contribution in [0, 0.1) is 12.3 Å². The maximum atomic E-state index is 5.35. The van der Waals surface area contributed by atoms with E-state index in [1.54, 1.807) is 0 Å². The summed E-state index contributed by atoms with van der Waals surface area (Å²) in [5.74, 6) is 3.25. The third kappa shape index (κ3) is 3.41. The molecule has 2 heterocycles. The molecule has 1 fully saturated rings. The Morgan fingerprint density at radius 3 is 2.67 bits per heavy atom. The summed E-state index contributed by atoms with van der Waals surface area (Å²) >= 11 is 0. The van der Waals surface area contributed by atoms with E-state index in [0.717, 1.165) is 43.7 Å². The molecule has 1 saturated heterocycles. The zero-order valence-corrected chi connectivity index (χ0v) is 11.8. The fraction of sp³-hybridized carbons (Fsp3) is 0.375. The minimum Gasteiger partial charge on any atom is -0.423 e. The van der Waals surface area contributed by atoms with Crippen molar-refractivity contribution in [2.75, 3.05) is 25.0 Å². The van der Waals surface area contributed by atoms with Crippen molar-refractivity contribution >= 4 is 5.69 Å². The van der Waals surface area contributed by atoms with E-state index in [0.29, 0.717) is 11.9 Å². The van der Waals surface area contributed by atoms with Crippen LogP contribution in [0.15, 0.2) is 35.1 Å². The summed E-state index contributed by atoms with van der Waals surface area (Å²) in [4.78, 5) is 2.32. The Kier molecular flexibility index (Phi) is 4.17. The first-order valence-corrected chi connectivity index (χ1v) is 7.14. The van der Waals surface area contributed by atoms with Gasteiger partial charge in [-0.1, -0.05) is 5.92 Å². The molecular weight excluding hydrogens is 264 g/mol. The van der Waals surface area contributed by atoms with Gasteiger partial charge in [0.05, 0.1) is 6.54 Å². The molecule has 0 amide bonds. The number of terminal acetylenes is 1. The molecule has 1 aliphatic heterocycles. The van der Waals surface area contributed by atoms with Crippen LogP contribution >= 0.6 is 0 Å². The maximum absolute atomic E-state index is 5.35. The lowest BCUT2D eigenvalue weighted by molar-refractivity contribution is 0.243. The molecule has 5 heteroatoms. The lowest BCUT2D eigenvalue weighted by Gasteiger charge is -2.31. The summed E-state index contributed by atoms with van der Waals surface area (Å²) in [6.07, 6.45) is 8.92. The van der Waals surface area contributed by atoms with Crippen LogP contribution in [0.4, 0.5) is 5.69 Å². The summed E-state index contributed by atoms with van der Waals surface area (Å²) in [6.45, 7) is 2.87. The Morgan fingerprint density at radius 2 is 2.05 bits per heavy atom. The molecule has 1 N–H and O–H groups in total. The van der Waals surface area contributed by atoms with Gasteiger partial charge in [0.15, 0.2) is 0 Å². The zero-order valence-electron chi connectivity index (χ0n) is 11.8. The lowest BCUT2D eigenvalue weighted by Crippen LogP contribution is -2.39. The van der Waals surface area contributed by atoms with Gasteiger partial charge in [0.2, 0.25) is 12.3 Å². The van der Waals surface area contributed by atoms with Gasteiger partial charge < -0.3 is 9.73 Å². The van der Waals surface area contributed by atoms with E-state index in [1.807, 2.05) is 24.3 Å². The largest absolute Gasteiger partial charge is 0.423 e. The molecule has 0 saturated carbocycles. The monoisotopic (exact) mass is 282 g/mol. The maximum Gasteiger partial charge on any atom is 0.247 e. The van der Waals surface area contributed by atoms with Gasteiger partial charge in [-0.25, -0.2) is 0 Å². The number of nitrogens with zero attached hydrogens (tertiary/aromatic N) is 3. The number of likely N-dealkylation sites (tertiary alicyclic amines) is 1. The van der Waals surface area contributed by atoms with Gasteiger partial charge in [-0.2, -0.15) is 0 Å². The van der Waals surface area contributed by atoms with Crippen LogP contribution in [0.5, 0.6) is 0 Å². The number of anilines is 1. The molecule has 1 aliphatic rings. The van der Waals surface area contributed by atoms with Crippen LogP contribution in [0.3, 0.4) is 0 Å². The normalized spacial score (nSPS) is 16.5. The smallest absolute Gasteiger partial charge is 0.247 e. The summed E-state index contributed by atoms with van der Waals surface area (Å²) in [6, 6.07) is 8.58. The van der Waals surface area contributed by atoms with Gasteiger partial charge in [0, 0.05) is 30.4 Å². The van der Waals surface area contributed by atoms with E-state index in [9.17, 15) is 0 Å². The molecule has 0 unspecified atom stereocenters. The molecule has 3 rings (SSSR count). The van der Waals surface area contributed by atoms with Crippen LogP contribution < -0.4 is 5.32 Å². The number of hydrogen-bond donors (Lipinski definition) is 1. The molecule has 1 aromatic heterocycles. The Bertz CT molecular complexity index is 592. The molecule has 1 aromatic carbocycles. The summed E-state index contributed by atoms with van der Waals surface area (Å²) in [5.41, 5.74) is 2.05. The topological polar surface area (TPSA) is 54.2 Å². The molecular formula is C16H18N4O. The van der Waals surface area contributed by atoms with Crippen molar-refractivity contribution in [3.8, 4) is 23.8 Å². The highest BCUT2D eigenvalue weighted by Gasteiger charge is 2.18. The summed E-state index contributed by atoms with van der Waals surface area (Å²) in [7, 11) is 0. The number of hydrogen-bond acceptors (Lipinski definition) is 5. The van der Waals surface area contributed by atoms with Crippen molar-refractivity contribution in [2.24, 2.45) is 0 Å². The SMILES string of the molecule is C#CCN1CCC(Nc2ccc(-c3nnco3)cc2)CC1. The fourth-order valence-corrected chi connectivity index (χ4v) is 2.61. The van der Waals surface area contributed by atoms with E-state index in [4.69, 9.17) is 10.8 Å². The average Bonchev–Trinajstić information content (AvgIpc) is 3.05. The van der Waals surface area contributed by atoms with Gasteiger partial charge in [0.25, 0.3) is 0 Å². The molecule has 21 heavy (non-hydrogen) atoms. The van der Waals surface area contributed by atoms with Crippen LogP contribution in [0.25, 0.3) is 11.5 Å². The lowest BCUT2D eigenvalue weighted by atomic mass is 10.0. The van der Waals surface area contributed by atoms with Crippen molar-refractivity contribution in [3.05, 3.63) is 30.7 Å².